The van der Waals surface area contributed by atoms with E-state index in [2.05, 4.69) is 0 Å². The van der Waals surface area contributed by atoms with Gasteiger partial charge in [0, 0.05) is 12.1 Å². The number of alkyl halides is 3. The molecule has 0 radical (unpaired) electrons. The van der Waals surface area contributed by atoms with Gasteiger partial charge in [0.15, 0.2) is 6.61 Å². The van der Waals surface area contributed by atoms with Gasteiger partial charge in [-0.3, -0.25) is 14.9 Å². The van der Waals surface area contributed by atoms with Crippen LogP contribution in [0.2, 0.25) is 0 Å². The quantitative estimate of drug-likeness (QED) is 0.352. The molecule has 3 aromatic carbocycles. The summed E-state index contributed by atoms with van der Waals surface area (Å²) in [5, 5.41) is 23.9. The molecule has 2 N–H and O–H groups in total. The number of phenolic OH excluding ortho intramolecular Hbond substituents is 1. The Hall–Kier alpha value is -4.15. The Bertz CT molecular complexity index is 1190. The summed E-state index contributed by atoms with van der Waals surface area (Å²) in [6.45, 7) is -0.945. The molecule has 8 nitrogen and oxygen atoms in total. The van der Waals surface area contributed by atoms with Crippen molar-refractivity contribution in [1.82, 2.24) is 0 Å². The van der Waals surface area contributed by atoms with E-state index in [0.717, 1.165) is 12.1 Å². The lowest BCUT2D eigenvalue weighted by molar-refractivity contribution is -0.385. The van der Waals surface area contributed by atoms with E-state index in [0.29, 0.717) is 10.8 Å². The van der Waals surface area contributed by atoms with Gasteiger partial charge in [0.1, 0.15) is 11.3 Å². The monoisotopic (exact) mass is 434 g/mol. The topological polar surface area (TPSA) is 119 Å². The summed E-state index contributed by atoms with van der Waals surface area (Å²) >= 11 is 0. The number of amides is 1. The minimum atomic E-state index is -4.97. The van der Waals surface area contributed by atoms with E-state index in [1.165, 1.54) is 12.1 Å². The highest BCUT2D eigenvalue weighted by Crippen LogP contribution is 2.37. The molecule has 0 unspecified atom stereocenters. The van der Waals surface area contributed by atoms with E-state index in [1.807, 2.05) is 5.32 Å². The highest BCUT2D eigenvalue weighted by atomic mass is 19.4. The molecule has 0 heterocycles. The van der Waals surface area contributed by atoms with Crippen molar-refractivity contribution in [2.45, 2.75) is 6.18 Å². The molecule has 0 saturated heterocycles. The number of fused-ring (bicyclic) bond motifs is 1. The van der Waals surface area contributed by atoms with Crippen LogP contribution in [-0.4, -0.2) is 28.5 Å². The van der Waals surface area contributed by atoms with Crippen molar-refractivity contribution in [3.05, 3.63) is 75.8 Å². The van der Waals surface area contributed by atoms with Crippen LogP contribution < -0.4 is 5.32 Å². The van der Waals surface area contributed by atoms with Crippen molar-refractivity contribution < 1.29 is 37.5 Å². The van der Waals surface area contributed by atoms with Crippen molar-refractivity contribution in [2.24, 2.45) is 0 Å². The van der Waals surface area contributed by atoms with Crippen LogP contribution in [0.5, 0.6) is 5.75 Å². The van der Waals surface area contributed by atoms with Crippen LogP contribution in [0.3, 0.4) is 0 Å². The second-order valence-electron chi connectivity index (χ2n) is 6.33. The van der Waals surface area contributed by atoms with Gasteiger partial charge in [0.25, 0.3) is 11.6 Å². The number of carbonyl (C=O) groups excluding carboxylic acids is 2. The molecule has 3 rings (SSSR count). The second kappa shape index (κ2) is 8.30. The van der Waals surface area contributed by atoms with Gasteiger partial charge in [-0.05, 0) is 29.0 Å². The Morgan fingerprint density at radius 2 is 1.71 bits per heavy atom. The van der Waals surface area contributed by atoms with Crippen LogP contribution >= 0.6 is 0 Å². The maximum Gasteiger partial charge on any atom is 0.418 e. The van der Waals surface area contributed by atoms with Crippen LogP contribution in [0.4, 0.5) is 24.5 Å². The number of nitrogens with zero attached hydrogens (tertiary/aromatic N) is 1. The molecule has 0 aliphatic carbocycles. The molecule has 160 valence electrons. The van der Waals surface area contributed by atoms with Gasteiger partial charge in [0.05, 0.1) is 16.2 Å². The summed E-state index contributed by atoms with van der Waals surface area (Å²) in [7, 11) is 0. The van der Waals surface area contributed by atoms with Crippen LogP contribution in [0.15, 0.2) is 54.6 Å². The number of carbonyl (C=O) groups is 2. The molecule has 0 saturated carbocycles. The zero-order chi connectivity index (χ0) is 22.8. The predicted octanol–water partition coefficient (Wildman–Crippen LogP) is 4.27. The summed E-state index contributed by atoms with van der Waals surface area (Å²) in [6, 6.07) is 11.3. The SMILES string of the molecule is O=C(COC(=O)c1cc2ccccc2cc1O)Nc1ccc([N+](=O)[O-])cc1C(F)(F)F. The van der Waals surface area contributed by atoms with Gasteiger partial charge in [-0.2, -0.15) is 13.2 Å². The predicted molar refractivity (Wildman–Crippen MR) is 103 cm³/mol. The first kappa shape index (κ1) is 21.6. The molecule has 0 fully saturated rings. The molecule has 0 spiro atoms. The van der Waals surface area contributed by atoms with Crippen LogP contribution in [0, 0.1) is 10.1 Å². The number of nitrogens with one attached hydrogen (secondary N) is 1. The Labute approximate surface area is 172 Å². The fraction of sp³-hybridized carbons (Fsp3) is 0.100. The number of anilines is 1. The van der Waals surface area contributed by atoms with Crippen LogP contribution in [-0.2, 0) is 15.7 Å². The fourth-order valence-corrected chi connectivity index (χ4v) is 2.78. The summed E-state index contributed by atoms with van der Waals surface area (Å²) < 4.78 is 44.3. The average Bonchev–Trinajstić information content (AvgIpc) is 2.70. The number of aromatic hydroxyl groups is 1. The van der Waals surface area contributed by atoms with Gasteiger partial charge >= 0.3 is 12.1 Å². The number of rotatable bonds is 5. The molecule has 3 aromatic rings. The number of esters is 1. The van der Waals surface area contributed by atoms with E-state index >= 15 is 0 Å². The Balaban J connectivity index is 1.73. The second-order valence-corrected chi connectivity index (χ2v) is 6.33. The number of non-ortho nitro benzene ring substituents is 1. The molecule has 0 aromatic heterocycles. The lowest BCUT2D eigenvalue weighted by atomic mass is 10.1. The number of ether oxygens (including phenoxy) is 1. The zero-order valence-corrected chi connectivity index (χ0v) is 15.5. The standard InChI is InChI=1S/C20H13F3N2O6/c21-20(22,23)15-9-13(25(29)30)5-6-16(15)24-18(27)10-31-19(28)14-7-11-3-1-2-4-12(11)8-17(14)26/h1-9,26H,10H2,(H,24,27). The number of hydrogen-bond acceptors (Lipinski definition) is 6. The maximum atomic E-state index is 13.2. The summed E-state index contributed by atoms with van der Waals surface area (Å²) in [4.78, 5) is 33.9. The number of halogens is 3. The highest BCUT2D eigenvalue weighted by molar-refractivity contribution is 6.00. The van der Waals surface area contributed by atoms with Crippen molar-refractivity contribution in [3.63, 3.8) is 0 Å². The van der Waals surface area contributed by atoms with Gasteiger partial charge in [-0.15, -0.1) is 0 Å². The number of phenols is 1. The largest absolute Gasteiger partial charge is 0.507 e. The number of hydrogen-bond donors (Lipinski definition) is 2. The number of nitro benzene ring substituents is 1. The lowest BCUT2D eigenvalue weighted by Crippen LogP contribution is -2.23. The Morgan fingerprint density at radius 1 is 1.06 bits per heavy atom. The van der Waals surface area contributed by atoms with Crippen LogP contribution in [0.25, 0.3) is 10.8 Å². The summed E-state index contributed by atoms with van der Waals surface area (Å²) in [5.74, 6) is -2.55. The minimum absolute atomic E-state index is 0.224. The van der Waals surface area contributed by atoms with Gasteiger partial charge in [-0.25, -0.2) is 4.79 Å². The van der Waals surface area contributed by atoms with Crippen molar-refractivity contribution in [3.8, 4) is 5.75 Å². The van der Waals surface area contributed by atoms with E-state index in [4.69, 9.17) is 4.74 Å². The minimum Gasteiger partial charge on any atom is -0.507 e. The molecule has 31 heavy (non-hydrogen) atoms. The van der Waals surface area contributed by atoms with E-state index < -0.39 is 46.5 Å². The molecule has 1 amide bonds. The fourth-order valence-electron chi connectivity index (χ4n) is 2.78. The third kappa shape index (κ3) is 4.89. The first-order chi connectivity index (χ1) is 14.6. The number of nitro groups is 1. The zero-order valence-electron chi connectivity index (χ0n) is 15.5. The van der Waals surface area contributed by atoms with E-state index in [1.54, 1.807) is 24.3 Å². The summed E-state index contributed by atoms with van der Waals surface area (Å²) in [6.07, 6.45) is -4.97. The average molecular weight is 434 g/mol. The molecule has 11 heteroatoms. The first-order valence-electron chi connectivity index (χ1n) is 8.60. The molecule has 0 bridgehead atoms. The van der Waals surface area contributed by atoms with Gasteiger partial charge in [-0.1, -0.05) is 24.3 Å². The maximum absolute atomic E-state index is 13.2. The molecular formula is C20H13F3N2O6. The van der Waals surface area contributed by atoms with Crippen molar-refractivity contribution in [1.29, 1.82) is 0 Å². The van der Waals surface area contributed by atoms with Gasteiger partial charge < -0.3 is 15.2 Å². The smallest absolute Gasteiger partial charge is 0.418 e. The molecule has 0 aliphatic rings. The van der Waals surface area contributed by atoms with Crippen molar-refractivity contribution >= 4 is 34.0 Å². The Kier molecular flexibility index (Phi) is 5.77. The van der Waals surface area contributed by atoms with E-state index in [-0.39, 0.29) is 17.4 Å². The Morgan fingerprint density at radius 3 is 2.32 bits per heavy atom. The lowest BCUT2D eigenvalue weighted by Gasteiger charge is -2.14. The van der Waals surface area contributed by atoms with E-state index in [9.17, 15) is 38.0 Å². The summed E-state index contributed by atoms with van der Waals surface area (Å²) in [5.41, 5.74) is -3.18. The molecular weight excluding hydrogens is 421 g/mol. The van der Waals surface area contributed by atoms with Crippen molar-refractivity contribution in [2.75, 3.05) is 11.9 Å². The highest BCUT2D eigenvalue weighted by Gasteiger charge is 2.35. The molecule has 0 aliphatic heterocycles. The third-order valence-corrected chi connectivity index (χ3v) is 4.21. The van der Waals surface area contributed by atoms with Gasteiger partial charge in [0.2, 0.25) is 0 Å². The third-order valence-electron chi connectivity index (χ3n) is 4.21. The van der Waals surface area contributed by atoms with Crippen LogP contribution in [0.1, 0.15) is 15.9 Å². The molecule has 0 atom stereocenters. The first-order valence-corrected chi connectivity index (χ1v) is 8.60. The normalized spacial score (nSPS) is 11.2. The number of benzene rings is 3.